The van der Waals surface area contributed by atoms with E-state index in [1.807, 2.05) is 66.7 Å². The molecule has 0 aliphatic carbocycles. The first-order valence-electron chi connectivity index (χ1n) is 16.2. The molecule has 47 heavy (non-hydrogen) atoms. The zero-order chi connectivity index (χ0) is 32.0. The number of fused-ring (bicyclic) bond motifs is 2. The average Bonchev–Trinajstić information content (AvgIpc) is 3.16. The molecule has 3 nitrogen and oxygen atoms in total. The maximum atomic E-state index is 7.79. The van der Waals surface area contributed by atoms with Gasteiger partial charge in [0.25, 0.3) is 0 Å². The Morgan fingerprint density at radius 2 is 0.979 bits per heavy atom. The van der Waals surface area contributed by atoms with Gasteiger partial charge in [0.1, 0.15) is 11.5 Å². The fourth-order valence-corrected chi connectivity index (χ4v) is 6.45. The second kappa shape index (κ2) is 11.2. The lowest BCUT2D eigenvalue weighted by Gasteiger charge is -2.22. The first-order valence-corrected chi connectivity index (χ1v) is 15.7. The third kappa shape index (κ3) is 4.95. The molecule has 0 saturated heterocycles. The first-order chi connectivity index (χ1) is 23.7. The molecular formula is C44H28N2O. The quantitative estimate of drug-likeness (QED) is 0.197. The van der Waals surface area contributed by atoms with Gasteiger partial charge in [-0.05, 0) is 57.5 Å². The molecule has 0 atom stereocenters. The maximum Gasteiger partial charge on any atom is 0.160 e. The van der Waals surface area contributed by atoms with E-state index in [0.717, 1.165) is 72.8 Å². The molecular weight excluding hydrogens is 572 g/mol. The predicted molar refractivity (Wildman–Crippen MR) is 192 cm³/mol. The summed E-state index contributed by atoms with van der Waals surface area (Å²) < 4.78 is 14.1. The van der Waals surface area contributed by atoms with E-state index in [9.17, 15) is 0 Å². The molecule has 0 unspecified atom stereocenters. The number of nitrogens with zero attached hydrogens (tertiary/aromatic N) is 2. The molecule has 0 bridgehead atoms. The molecule has 1 aliphatic rings. The fourth-order valence-electron chi connectivity index (χ4n) is 6.45. The summed E-state index contributed by atoms with van der Waals surface area (Å²) in [6, 6.07) is 56.4. The van der Waals surface area contributed by atoms with Crippen molar-refractivity contribution >= 4 is 10.8 Å². The van der Waals surface area contributed by atoms with Crippen molar-refractivity contribution in [2.75, 3.05) is 0 Å². The Kier molecular flexibility index (Phi) is 6.21. The monoisotopic (exact) mass is 601 g/mol. The number of hydrogen-bond donors (Lipinski definition) is 0. The molecule has 0 saturated carbocycles. The van der Waals surface area contributed by atoms with Gasteiger partial charge in [-0.2, -0.15) is 0 Å². The van der Waals surface area contributed by atoms with Gasteiger partial charge in [-0.3, -0.25) is 0 Å². The molecule has 3 heteroatoms. The minimum Gasteiger partial charge on any atom is -0.456 e. The van der Waals surface area contributed by atoms with Crippen molar-refractivity contribution in [1.82, 2.24) is 9.97 Å². The Morgan fingerprint density at radius 3 is 1.68 bits per heavy atom. The Morgan fingerprint density at radius 1 is 0.404 bits per heavy atom. The van der Waals surface area contributed by atoms with Gasteiger partial charge in [0.2, 0.25) is 0 Å². The van der Waals surface area contributed by atoms with E-state index < -0.39 is 0 Å². The van der Waals surface area contributed by atoms with Crippen LogP contribution in [0.4, 0.5) is 0 Å². The summed E-state index contributed by atoms with van der Waals surface area (Å²) in [6.07, 6.45) is 0. The van der Waals surface area contributed by atoms with Crippen LogP contribution in [0.2, 0.25) is 0 Å². The summed E-state index contributed by atoms with van der Waals surface area (Å²) in [5, 5.41) is 2.34. The lowest BCUT2D eigenvalue weighted by Crippen LogP contribution is -1.97. The summed E-state index contributed by atoms with van der Waals surface area (Å²) in [7, 11) is 0. The smallest absolute Gasteiger partial charge is 0.160 e. The lowest BCUT2D eigenvalue weighted by molar-refractivity contribution is 0.487. The standard InChI is InChI=1S/C44H28N2O/c1-3-9-29(10-4-1)30-17-21-32(22-18-30)39-28-40(46-44(45-39)35-11-5-2-6-12-35)33-23-19-31(20-24-33)36-25-26-41-38(27-36)37-15-7-13-34-14-8-16-42(47-41)43(34)37/h1-28H/i1D. The highest BCUT2D eigenvalue weighted by Crippen LogP contribution is 2.47. The van der Waals surface area contributed by atoms with Gasteiger partial charge in [-0.1, -0.05) is 146 Å². The van der Waals surface area contributed by atoms with Crippen LogP contribution in [-0.2, 0) is 0 Å². The summed E-state index contributed by atoms with van der Waals surface area (Å²) in [6.45, 7) is 0. The van der Waals surface area contributed by atoms with Crippen LogP contribution in [0.3, 0.4) is 0 Å². The third-order valence-electron chi connectivity index (χ3n) is 8.86. The highest BCUT2D eigenvalue weighted by Gasteiger charge is 2.20. The third-order valence-corrected chi connectivity index (χ3v) is 8.86. The summed E-state index contributed by atoms with van der Waals surface area (Å²) in [5.41, 5.74) is 11.5. The Labute approximate surface area is 274 Å². The van der Waals surface area contributed by atoms with Crippen LogP contribution in [0, 0.1) is 0 Å². The second-order valence-corrected chi connectivity index (χ2v) is 11.7. The average molecular weight is 602 g/mol. The fraction of sp³-hybridized carbons (Fsp3) is 0. The molecule has 0 fully saturated rings. The molecule has 220 valence electrons. The molecule has 1 aliphatic heterocycles. The Bertz CT molecular complexity index is 2450. The number of hydrogen-bond acceptors (Lipinski definition) is 3. The van der Waals surface area contributed by atoms with Gasteiger partial charge < -0.3 is 4.74 Å². The van der Waals surface area contributed by atoms with E-state index in [1.54, 1.807) is 0 Å². The molecule has 0 radical (unpaired) electrons. The van der Waals surface area contributed by atoms with Crippen LogP contribution in [-0.4, -0.2) is 9.97 Å². The molecule has 0 amide bonds. The highest BCUT2D eigenvalue weighted by atomic mass is 16.5. The molecule has 8 aromatic rings. The minimum atomic E-state index is 0.506. The number of ether oxygens (including phenoxy) is 1. The Balaban J connectivity index is 1.08. The van der Waals surface area contributed by atoms with Gasteiger partial charge in [0.05, 0.1) is 12.8 Å². The lowest BCUT2D eigenvalue weighted by atomic mass is 9.92. The van der Waals surface area contributed by atoms with Crippen LogP contribution >= 0.6 is 0 Å². The zero-order valence-electron chi connectivity index (χ0n) is 26.4. The van der Waals surface area contributed by atoms with Crippen molar-refractivity contribution in [2.24, 2.45) is 0 Å². The Hall–Kier alpha value is -6.32. The first kappa shape index (κ1) is 26.0. The molecule has 0 N–H and O–H groups in total. The van der Waals surface area contributed by atoms with Crippen molar-refractivity contribution in [3.63, 3.8) is 0 Å². The van der Waals surface area contributed by atoms with Crippen molar-refractivity contribution < 1.29 is 6.11 Å². The van der Waals surface area contributed by atoms with E-state index in [1.165, 1.54) is 10.9 Å². The van der Waals surface area contributed by atoms with E-state index in [2.05, 4.69) is 97.1 Å². The molecule has 9 rings (SSSR count). The SMILES string of the molecule is [2H]c1ccc(-c2ccc(-c3cc(-c4ccc(-c5ccc6c(c5)-c5cccc7cccc(c57)O6)cc4)nc(-c4ccccc4)n3)cc2)cc1. The van der Waals surface area contributed by atoms with E-state index in [-0.39, 0.29) is 0 Å². The van der Waals surface area contributed by atoms with Crippen molar-refractivity contribution in [2.45, 2.75) is 0 Å². The number of aromatic nitrogens is 2. The van der Waals surface area contributed by atoms with E-state index >= 15 is 0 Å². The second-order valence-electron chi connectivity index (χ2n) is 11.7. The van der Waals surface area contributed by atoms with Gasteiger partial charge >= 0.3 is 0 Å². The maximum absolute atomic E-state index is 7.79. The number of rotatable bonds is 5. The van der Waals surface area contributed by atoms with Crippen molar-refractivity contribution in [3.8, 4) is 78.8 Å². The molecule has 1 aromatic heterocycles. The van der Waals surface area contributed by atoms with Crippen LogP contribution in [0.1, 0.15) is 1.37 Å². The minimum absolute atomic E-state index is 0.506. The van der Waals surface area contributed by atoms with Crippen molar-refractivity contribution in [1.29, 1.82) is 0 Å². The largest absolute Gasteiger partial charge is 0.456 e. The summed E-state index contributed by atoms with van der Waals surface area (Å²) >= 11 is 0. The molecule has 2 heterocycles. The summed E-state index contributed by atoms with van der Waals surface area (Å²) in [4.78, 5) is 10.0. The van der Waals surface area contributed by atoms with Crippen LogP contribution in [0.25, 0.3) is 78.1 Å². The normalized spacial score (nSPS) is 11.9. The summed E-state index contributed by atoms with van der Waals surface area (Å²) in [5.74, 6) is 2.47. The number of benzene rings is 7. The van der Waals surface area contributed by atoms with E-state index in [0.29, 0.717) is 11.9 Å². The van der Waals surface area contributed by atoms with Crippen LogP contribution < -0.4 is 4.74 Å². The zero-order valence-corrected chi connectivity index (χ0v) is 25.4. The highest BCUT2D eigenvalue weighted by molar-refractivity contribution is 6.04. The topological polar surface area (TPSA) is 35.0 Å². The van der Waals surface area contributed by atoms with Gasteiger partial charge in [-0.25, -0.2) is 9.97 Å². The predicted octanol–water partition coefficient (Wildman–Crippen LogP) is 11.7. The van der Waals surface area contributed by atoms with E-state index in [4.69, 9.17) is 16.1 Å². The van der Waals surface area contributed by atoms with Crippen LogP contribution in [0.15, 0.2) is 170 Å². The molecule has 7 aromatic carbocycles. The van der Waals surface area contributed by atoms with Gasteiger partial charge in [0, 0.05) is 27.6 Å². The van der Waals surface area contributed by atoms with Gasteiger partial charge in [0.15, 0.2) is 5.82 Å². The van der Waals surface area contributed by atoms with Gasteiger partial charge in [-0.15, -0.1) is 0 Å². The van der Waals surface area contributed by atoms with Crippen molar-refractivity contribution in [3.05, 3.63) is 170 Å². The van der Waals surface area contributed by atoms with Crippen LogP contribution in [0.5, 0.6) is 11.5 Å². The molecule has 0 spiro atoms.